The number of ether oxygens (including phenoxy) is 2. The Morgan fingerprint density at radius 2 is 1.17 bits per heavy atom. The highest BCUT2D eigenvalue weighted by atomic mass is 31.0. The number of unbranched alkanes of at least 4 members (excludes halogenated alkanes) is 10. The predicted molar refractivity (Wildman–Crippen MR) is 103 cm³/mol. The first kappa shape index (κ1) is 23.3. The number of hydrogen-bond donors (Lipinski definition) is 0. The summed E-state index contributed by atoms with van der Waals surface area (Å²) in [6.07, 6.45) is 15.7. The average molecular weight is 349 g/mol. The summed E-state index contributed by atoms with van der Waals surface area (Å²) in [6, 6.07) is 0. The maximum absolute atomic E-state index is 5.89. The zero-order valence-corrected chi connectivity index (χ0v) is 16.8. The molecule has 0 aliphatic rings. The summed E-state index contributed by atoms with van der Waals surface area (Å²) in [5, 5.41) is 0. The Labute approximate surface area is 147 Å². The van der Waals surface area contributed by atoms with Crippen LogP contribution in [0.15, 0.2) is 0 Å². The summed E-state index contributed by atoms with van der Waals surface area (Å²) in [5.74, 6) is 0. The van der Waals surface area contributed by atoms with Crippen LogP contribution in [-0.4, -0.2) is 32.5 Å². The van der Waals surface area contributed by atoms with Crippen molar-refractivity contribution in [3.05, 3.63) is 0 Å². The molecule has 0 aromatic carbocycles. The van der Waals surface area contributed by atoms with Gasteiger partial charge in [-0.2, -0.15) is 0 Å². The molecule has 0 radical (unpaired) electrons. The van der Waals surface area contributed by atoms with Crippen molar-refractivity contribution < 1.29 is 14.0 Å². The van der Waals surface area contributed by atoms with Gasteiger partial charge in [0.15, 0.2) is 0 Å². The van der Waals surface area contributed by atoms with Crippen molar-refractivity contribution in [1.29, 1.82) is 0 Å². The number of hydrogen-bond acceptors (Lipinski definition) is 3. The zero-order valence-electron chi connectivity index (χ0n) is 15.7. The fourth-order valence-electron chi connectivity index (χ4n) is 2.58. The second-order valence-corrected chi connectivity index (χ2v) is 6.77. The number of rotatable bonds is 19. The smallest absolute Gasteiger partial charge is 0.104 e. The molecule has 0 spiro atoms. The molecule has 0 bridgehead atoms. The van der Waals surface area contributed by atoms with Crippen LogP contribution in [0.3, 0.4) is 0 Å². The summed E-state index contributed by atoms with van der Waals surface area (Å²) in [4.78, 5) is 0. The second kappa shape index (κ2) is 20.4. The second-order valence-electron chi connectivity index (χ2n) is 6.44. The van der Waals surface area contributed by atoms with Gasteiger partial charge in [-0.25, -0.2) is 0 Å². The molecule has 0 fully saturated rings. The average Bonchev–Trinajstić information content (AvgIpc) is 2.56. The van der Waals surface area contributed by atoms with Crippen LogP contribution in [0, 0.1) is 0 Å². The van der Waals surface area contributed by atoms with E-state index in [0.29, 0.717) is 13.2 Å². The van der Waals surface area contributed by atoms with Gasteiger partial charge in [-0.1, -0.05) is 78.1 Å². The fraction of sp³-hybridized carbons (Fsp3) is 1.00. The van der Waals surface area contributed by atoms with Gasteiger partial charge in [0.25, 0.3) is 0 Å². The van der Waals surface area contributed by atoms with Crippen molar-refractivity contribution in [2.75, 3.05) is 26.4 Å². The van der Waals surface area contributed by atoms with E-state index in [0.717, 1.165) is 26.1 Å². The lowest BCUT2D eigenvalue weighted by Gasteiger charge is -2.17. The molecule has 4 heteroatoms. The molecule has 2 atom stereocenters. The molecule has 0 amide bonds. The maximum atomic E-state index is 5.89. The molecule has 3 nitrogen and oxygen atoms in total. The van der Waals surface area contributed by atoms with E-state index in [1.165, 1.54) is 64.2 Å². The lowest BCUT2D eigenvalue weighted by Crippen LogP contribution is -2.25. The van der Waals surface area contributed by atoms with Crippen LogP contribution < -0.4 is 0 Å². The summed E-state index contributed by atoms with van der Waals surface area (Å²) in [5.41, 5.74) is 0. The maximum Gasteiger partial charge on any atom is 0.104 e. The zero-order chi connectivity index (χ0) is 17.0. The minimum atomic E-state index is 0.0724. The van der Waals surface area contributed by atoms with Crippen LogP contribution in [0.25, 0.3) is 0 Å². The Morgan fingerprint density at radius 3 is 1.74 bits per heavy atom. The lowest BCUT2D eigenvalue weighted by atomic mass is 10.1. The van der Waals surface area contributed by atoms with E-state index < -0.39 is 0 Å². The first-order chi connectivity index (χ1) is 11.3. The summed E-state index contributed by atoms with van der Waals surface area (Å²) < 4.78 is 16.8. The molecule has 0 aromatic rings. The van der Waals surface area contributed by atoms with Gasteiger partial charge in [-0.15, -0.1) is 0 Å². The standard InChI is InChI=1S/C19H41O3P/c1-3-5-7-9-11-13-15-20-17-19(18-22-23)21-16-14-12-10-8-6-4-2/h19H,3-18,23H2,1-2H3. The molecule has 0 aliphatic heterocycles. The van der Waals surface area contributed by atoms with Crippen LogP contribution in [0.5, 0.6) is 0 Å². The minimum absolute atomic E-state index is 0.0724. The van der Waals surface area contributed by atoms with Gasteiger partial charge in [-0.3, -0.25) is 0 Å². The van der Waals surface area contributed by atoms with E-state index in [-0.39, 0.29) is 6.10 Å². The monoisotopic (exact) mass is 348 g/mol. The van der Waals surface area contributed by atoms with Gasteiger partial charge in [0.05, 0.1) is 13.2 Å². The van der Waals surface area contributed by atoms with E-state index in [1.54, 1.807) is 0 Å². The van der Waals surface area contributed by atoms with Crippen LogP contribution >= 0.6 is 9.47 Å². The van der Waals surface area contributed by atoms with Crippen molar-refractivity contribution >= 4 is 9.47 Å². The molecule has 0 aromatic heterocycles. The first-order valence-corrected chi connectivity index (χ1v) is 10.3. The van der Waals surface area contributed by atoms with Crippen molar-refractivity contribution in [3.63, 3.8) is 0 Å². The Kier molecular flexibility index (Phi) is 20.6. The third-order valence-corrected chi connectivity index (χ3v) is 4.27. The Hall–Kier alpha value is 0.310. The molecular formula is C19H41O3P. The molecule has 0 aliphatic carbocycles. The summed E-state index contributed by atoms with van der Waals surface area (Å²) >= 11 is 0. The van der Waals surface area contributed by atoms with Gasteiger partial charge in [-0.05, 0) is 12.8 Å². The van der Waals surface area contributed by atoms with Crippen molar-refractivity contribution in [2.45, 2.75) is 97.0 Å². The van der Waals surface area contributed by atoms with Crippen LogP contribution in [-0.2, 0) is 14.0 Å². The Balaban J connectivity index is 3.43. The third kappa shape index (κ3) is 18.5. The molecule has 0 heterocycles. The highest BCUT2D eigenvalue weighted by molar-refractivity contribution is 7.09. The lowest BCUT2D eigenvalue weighted by molar-refractivity contribution is -0.0362. The quantitative estimate of drug-likeness (QED) is 0.214. The molecule has 0 rings (SSSR count). The topological polar surface area (TPSA) is 27.7 Å². The molecule has 0 N–H and O–H groups in total. The molecule has 140 valence electrons. The molecule has 0 saturated heterocycles. The summed E-state index contributed by atoms with van der Waals surface area (Å²) in [6.45, 7) is 7.42. The first-order valence-electron chi connectivity index (χ1n) is 9.86. The van der Waals surface area contributed by atoms with Crippen LogP contribution in [0.2, 0.25) is 0 Å². The van der Waals surface area contributed by atoms with E-state index in [4.69, 9.17) is 14.0 Å². The van der Waals surface area contributed by atoms with Gasteiger partial charge >= 0.3 is 0 Å². The Morgan fingerprint density at radius 1 is 0.652 bits per heavy atom. The third-order valence-electron chi connectivity index (χ3n) is 4.08. The predicted octanol–water partition coefficient (Wildman–Crippen LogP) is 5.92. The van der Waals surface area contributed by atoms with Gasteiger partial charge in [0, 0.05) is 22.7 Å². The van der Waals surface area contributed by atoms with Crippen molar-refractivity contribution in [3.8, 4) is 0 Å². The largest absolute Gasteiger partial charge is 0.379 e. The van der Waals surface area contributed by atoms with Crippen LogP contribution in [0.4, 0.5) is 0 Å². The van der Waals surface area contributed by atoms with Gasteiger partial charge in [0.1, 0.15) is 6.10 Å². The van der Waals surface area contributed by atoms with Crippen LogP contribution in [0.1, 0.15) is 90.9 Å². The molecular weight excluding hydrogens is 307 g/mol. The fourth-order valence-corrected chi connectivity index (χ4v) is 2.80. The van der Waals surface area contributed by atoms with Gasteiger partial charge in [0.2, 0.25) is 0 Å². The molecule has 0 saturated carbocycles. The van der Waals surface area contributed by atoms with Crippen molar-refractivity contribution in [2.24, 2.45) is 0 Å². The Bertz CT molecular complexity index is 215. The summed E-state index contributed by atoms with van der Waals surface area (Å²) in [7, 11) is 2.31. The van der Waals surface area contributed by atoms with Crippen molar-refractivity contribution in [1.82, 2.24) is 0 Å². The highest BCUT2D eigenvalue weighted by Gasteiger charge is 2.09. The molecule has 23 heavy (non-hydrogen) atoms. The highest BCUT2D eigenvalue weighted by Crippen LogP contribution is 2.08. The van der Waals surface area contributed by atoms with E-state index in [1.807, 2.05) is 0 Å². The van der Waals surface area contributed by atoms with E-state index in [9.17, 15) is 0 Å². The van der Waals surface area contributed by atoms with E-state index >= 15 is 0 Å². The minimum Gasteiger partial charge on any atom is -0.379 e. The SMILES string of the molecule is CCCCCCCCOCC(COP)OCCCCCCCC. The molecule has 2 unspecified atom stereocenters. The normalized spacial score (nSPS) is 12.7. The van der Waals surface area contributed by atoms with Gasteiger partial charge < -0.3 is 14.0 Å². The van der Waals surface area contributed by atoms with E-state index in [2.05, 4.69) is 23.3 Å².